The lowest BCUT2D eigenvalue weighted by Crippen LogP contribution is -2.28. The molecule has 7 nitrogen and oxygen atoms in total. The van der Waals surface area contributed by atoms with E-state index in [9.17, 15) is 9.59 Å². The summed E-state index contributed by atoms with van der Waals surface area (Å²) in [6, 6.07) is 12.5. The van der Waals surface area contributed by atoms with Crippen molar-refractivity contribution in [3.8, 4) is 0 Å². The number of nitrogens with one attached hydrogen (secondary N) is 1. The van der Waals surface area contributed by atoms with E-state index in [2.05, 4.69) is 5.32 Å². The summed E-state index contributed by atoms with van der Waals surface area (Å²) in [5.41, 5.74) is 2.49. The molecule has 0 bridgehead atoms. The molecule has 28 heavy (non-hydrogen) atoms. The lowest BCUT2D eigenvalue weighted by atomic mass is 10.1. The van der Waals surface area contributed by atoms with E-state index in [4.69, 9.17) is 8.83 Å². The van der Waals surface area contributed by atoms with Gasteiger partial charge in [0.2, 0.25) is 5.91 Å². The van der Waals surface area contributed by atoms with E-state index in [-0.39, 0.29) is 17.6 Å². The summed E-state index contributed by atoms with van der Waals surface area (Å²) in [5, 5.41) is 2.83. The van der Waals surface area contributed by atoms with Gasteiger partial charge in [-0.25, -0.2) is 0 Å². The minimum atomic E-state index is -0.326. The first-order valence-electron chi connectivity index (χ1n) is 8.87. The number of furan rings is 2. The number of hydrogen-bond acceptors (Lipinski definition) is 5. The van der Waals surface area contributed by atoms with E-state index in [1.54, 1.807) is 29.4 Å². The zero-order chi connectivity index (χ0) is 20.1. The molecule has 0 aliphatic rings. The van der Waals surface area contributed by atoms with Gasteiger partial charge in [-0.1, -0.05) is 0 Å². The quantitative estimate of drug-likeness (QED) is 0.674. The van der Waals surface area contributed by atoms with Crippen LogP contribution in [0, 0.1) is 0 Å². The van der Waals surface area contributed by atoms with Crippen LogP contribution in [-0.4, -0.2) is 30.8 Å². The summed E-state index contributed by atoms with van der Waals surface area (Å²) in [7, 11) is 3.87. The standard InChI is InChI=1S/C21H23N3O4/c1-15(25)24(14-18-6-4-10-27-18)13-16-12-17(8-9-19(16)23(2)3)22-21(26)20-7-5-11-28-20/h4-12H,13-14H2,1-3H3,(H,22,26). The van der Waals surface area contributed by atoms with Crippen LogP contribution in [0.25, 0.3) is 0 Å². The highest BCUT2D eigenvalue weighted by Gasteiger charge is 2.16. The SMILES string of the molecule is CC(=O)N(Cc1ccco1)Cc1cc(NC(=O)c2ccco2)ccc1N(C)C. The summed E-state index contributed by atoms with van der Waals surface area (Å²) < 4.78 is 10.5. The molecule has 0 unspecified atom stereocenters. The molecule has 0 spiro atoms. The summed E-state index contributed by atoms with van der Waals surface area (Å²) in [6.07, 6.45) is 3.04. The molecule has 2 amide bonds. The molecule has 0 fully saturated rings. The Morgan fingerprint density at radius 2 is 1.75 bits per heavy atom. The number of nitrogens with zero attached hydrogens (tertiary/aromatic N) is 2. The number of hydrogen-bond donors (Lipinski definition) is 1. The molecular formula is C21H23N3O4. The highest BCUT2D eigenvalue weighted by atomic mass is 16.3. The Labute approximate surface area is 163 Å². The van der Waals surface area contributed by atoms with Crippen molar-refractivity contribution in [3.63, 3.8) is 0 Å². The minimum Gasteiger partial charge on any atom is -0.467 e. The summed E-state index contributed by atoms with van der Waals surface area (Å²) in [5.74, 6) is 0.559. The number of carbonyl (C=O) groups excluding carboxylic acids is 2. The first-order chi connectivity index (χ1) is 13.4. The van der Waals surface area contributed by atoms with Crippen molar-refractivity contribution in [2.45, 2.75) is 20.0 Å². The molecule has 7 heteroatoms. The maximum atomic E-state index is 12.3. The predicted molar refractivity (Wildman–Crippen MR) is 106 cm³/mol. The Morgan fingerprint density at radius 3 is 2.36 bits per heavy atom. The second-order valence-electron chi connectivity index (χ2n) is 6.62. The predicted octanol–water partition coefficient (Wildman–Crippen LogP) is 3.74. The first-order valence-corrected chi connectivity index (χ1v) is 8.87. The normalized spacial score (nSPS) is 10.5. The number of benzene rings is 1. The Balaban J connectivity index is 1.84. The van der Waals surface area contributed by atoms with Crippen molar-refractivity contribution >= 4 is 23.2 Å². The summed E-state index contributed by atoms with van der Waals surface area (Å²) >= 11 is 0. The van der Waals surface area contributed by atoms with Crippen LogP contribution in [0.1, 0.15) is 28.8 Å². The van der Waals surface area contributed by atoms with Crippen LogP contribution in [0.3, 0.4) is 0 Å². The molecule has 2 aromatic heterocycles. The third-order valence-corrected chi connectivity index (χ3v) is 4.30. The molecule has 0 aliphatic carbocycles. The molecule has 0 saturated heterocycles. The van der Waals surface area contributed by atoms with E-state index in [1.165, 1.54) is 13.2 Å². The number of rotatable bonds is 7. The summed E-state index contributed by atoms with van der Waals surface area (Å²) in [4.78, 5) is 28.1. The van der Waals surface area contributed by atoms with E-state index >= 15 is 0 Å². The van der Waals surface area contributed by atoms with Crippen LogP contribution in [-0.2, 0) is 17.9 Å². The molecule has 3 aromatic rings. The fraction of sp³-hybridized carbons (Fsp3) is 0.238. The summed E-state index contributed by atoms with van der Waals surface area (Å²) in [6.45, 7) is 2.28. The van der Waals surface area contributed by atoms with Gasteiger partial charge in [0.25, 0.3) is 5.91 Å². The van der Waals surface area contributed by atoms with Crippen molar-refractivity contribution < 1.29 is 18.4 Å². The maximum Gasteiger partial charge on any atom is 0.291 e. The van der Waals surface area contributed by atoms with Crippen LogP contribution in [0.5, 0.6) is 0 Å². The van der Waals surface area contributed by atoms with Crippen molar-refractivity contribution in [2.24, 2.45) is 0 Å². The Morgan fingerprint density at radius 1 is 1.00 bits per heavy atom. The molecule has 0 radical (unpaired) electrons. The van der Waals surface area contributed by atoms with Crippen molar-refractivity contribution in [1.82, 2.24) is 4.90 Å². The Bertz CT molecular complexity index is 931. The van der Waals surface area contributed by atoms with Gasteiger partial charge in [-0.2, -0.15) is 0 Å². The Kier molecular flexibility index (Phi) is 5.84. The van der Waals surface area contributed by atoms with Gasteiger partial charge in [-0.15, -0.1) is 0 Å². The maximum absolute atomic E-state index is 12.3. The van der Waals surface area contributed by atoms with Gasteiger partial charge in [-0.05, 0) is 48.0 Å². The average Bonchev–Trinajstić information content (AvgIpc) is 3.35. The second kappa shape index (κ2) is 8.47. The molecule has 3 rings (SSSR count). The zero-order valence-corrected chi connectivity index (χ0v) is 16.1. The molecule has 2 heterocycles. The molecule has 146 valence electrons. The number of carbonyl (C=O) groups is 2. The molecule has 1 N–H and O–H groups in total. The van der Waals surface area contributed by atoms with Gasteiger partial charge in [0.1, 0.15) is 5.76 Å². The smallest absolute Gasteiger partial charge is 0.291 e. The van der Waals surface area contributed by atoms with Gasteiger partial charge >= 0.3 is 0 Å². The van der Waals surface area contributed by atoms with Crippen LogP contribution in [0.15, 0.2) is 63.8 Å². The highest BCUT2D eigenvalue weighted by Crippen LogP contribution is 2.25. The van der Waals surface area contributed by atoms with E-state index in [1.807, 2.05) is 43.3 Å². The molecular weight excluding hydrogens is 358 g/mol. The van der Waals surface area contributed by atoms with Crippen LogP contribution >= 0.6 is 0 Å². The largest absolute Gasteiger partial charge is 0.467 e. The average molecular weight is 381 g/mol. The third-order valence-electron chi connectivity index (χ3n) is 4.30. The van der Waals surface area contributed by atoms with Gasteiger partial charge in [0.15, 0.2) is 5.76 Å². The lowest BCUT2D eigenvalue weighted by Gasteiger charge is -2.24. The van der Waals surface area contributed by atoms with E-state index in [0.29, 0.717) is 24.5 Å². The fourth-order valence-corrected chi connectivity index (χ4v) is 2.90. The van der Waals surface area contributed by atoms with E-state index < -0.39 is 0 Å². The van der Waals surface area contributed by atoms with Gasteiger partial charge in [0.05, 0.1) is 19.1 Å². The first kappa shape index (κ1) is 19.3. The molecule has 0 aliphatic heterocycles. The molecule has 0 atom stereocenters. The third kappa shape index (κ3) is 4.62. The van der Waals surface area contributed by atoms with Crippen molar-refractivity contribution in [3.05, 3.63) is 72.1 Å². The Hall–Kier alpha value is -3.48. The topological polar surface area (TPSA) is 78.9 Å². The van der Waals surface area contributed by atoms with Crippen LogP contribution < -0.4 is 10.2 Å². The molecule has 0 saturated carbocycles. The van der Waals surface area contributed by atoms with Gasteiger partial charge in [-0.3, -0.25) is 9.59 Å². The van der Waals surface area contributed by atoms with Crippen LogP contribution in [0.2, 0.25) is 0 Å². The second-order valence-corrected chi connectivity index (χ2v) is 6.62. The molecule has 1 aromatic carbocycles. The lowest BCUT2D eigenvalue weighted by molar-refractivity contribution is -0.130. The van der Waals surface area contributed by atoms with Gasteiger partial charge < -0.3 is 24.0 Å². The van der Waals surface area contributed by atoms with Crippen molar-refractivity contribution in [1.29, 1.82) is 0 Å². The van der Waals surface area contributed by atoms with E-state index in [0.717, 1.165) is 11.3 Å². The number of amides is 2. The number of anilines is 2. The van der Waals surface area contributed by atoms with Crippen LogP contribution in [0.4, 0.5) is 11.4 Å². The van der Waals surface area contributed by atoms with Gasteiger partial charge in [0, 0.05) is 38.9 Å². The monoisotopic (exact) mass is 381 g/mol. The minimum absolute atomic E-state index is 0.0638. The zero-order valence-electron chi connectivity index (χ0n) is 16.1. The van der Waals surface area contributed by atoms with Crippen molar-refractivity contribution in [2.75, 3.05) is 24.3 Å². The fourth-order valence-electron chi connectivity index (χ4n) is 2.90. The highest BCUT2D eigenvalue weighted by molar-refractivity contribution is 6.02.